The zero-order valence-electron chi connectivity index (χ0n) is 9.33. The Morgan fingerprint density at radius 3 is 2.94 bits per heavy atom. The van der Waals surface area contributed by atoms with Crippen molar-refractivity contribution in [2.24, 2.45) is 0 Å². The third-order valence-corrected chi connectivity index (χ3v) is 3.65. The third-order valence-electron chi connectivity index (χ3n) is 3.25. The first-order valence-electron chi connectivity index (χ1n) is 5.79. The van der Waals surface area contributed by atoms with Crippen molar-refractivity contribution < 1.29 is 14.6 Å². The van der Waals surface area contributed by atoms with E-state index in [0.29, 0.717) is 29.7 Å². The Morgan fingerprint density at radius 1 is 1.35 bits per heavy atom. The van der Waals surface area contributed by atoms with Gasteiger partial charge >= 0.3 is 0 Å². The van der Waals surface area contributed by atoms with E-state index in [1.165, 1.54) is 6.07 Å². The first-order valence-corrected chi connectivity index (χ1v) is 6.17. The number of ether oxygens (including phenoxy) is 2. The van der Waals surface area contributed by atoms with Crippen molar-refractivity contribution in [2.45, 2.75) is 12.3 Å². The van der Waals surface area contributed by atoms with E-state index < -0.39 is 0 Å². The number of phenols is 1. The maximum atomic E-state index is 9.83. The minimum Gasteiger partial charge on any atom is -0.506 e. The van der Waals surface area contributed by atoms with Crippen molar-refractivity contribution >= 4 is 11.6 Å². The van der Waals surface area contributed by atoms with Crippen LogP contribution in [0.1, 0.15) is 17.9 Å². The summed E-state index contributed by atoms with van der Waals surface area (Å²) < 4.78 is 11.1. The maximum absolute atomic E-state index is 9.83. The van der Waals surface area contributed by atoms with Crippen molar-refractivity contribution in [3.63, 3.8) is 0 Å². The second-order valence-electron chi connectivity index (χ2n) is 4.34. The summed E-state index contributed by atoms with van der Waals surface area (Å²) in [4.78, 5) is 0. The molecular formula is C12H14ClNO3. The highest BCUT2D eigenvalue weighted by molar-refractivity contribution is 6.33. The lowest BCUT2D eigenvalue weighted by atomic mass is 9.96. The second kappa shape index (κ2) is 4.27. The summed E-state index contributed by atoms with van der Waals surface area (Å²) in [6.45, 7) is 2.86. The van der Waals surface area contributed by atoms with Gasteiger partial charge in [0, 0.05) is 24.1 Å². The first kappa shape index (κ1) is 11.0. The molecule has 1 aromatic carbocycles. The molecule has 92 valence electrons. The third kappa shape index (κ3) is 1.81. The van der Waals surface area contributed by atoms with Gasteiger partial charge in [0.05, 0.1) is 5.02 Å². The van der Waals surface area contributed by atoms with Gasteiger partial charge in [0.25, 0.3) is 0 Å². The van der Waals surface area contributed by atoms with Gasteiger partial charge in [-0.2, -0.15) is 0 Å². The molecule has 0 bridgehead atoms. The van der Waals surface area contributed by atoms with Crippen LogP contribution in [0.2, 0.25) is 5.02 Å². The molecule has 1 fully saturated rings. The molecule has 2 aliphatic heterocycles. The number of hydrogen-bond acceptors (Lipinski definition) is 4. The number of nitrogens with one attached hydrogen (secondary N) is 1. The molecule has 0 amide bonds. The Morgan fingerprint density at radius 2 is 2.18 bits per heavy atom. The zero-order chi connectivity index (χ0) is 11.8. The fourth-order valence-electron chi connectivity index (χ4n) is 2.44. The standard InChI is InChI=1S/C12H14ClNO3/c13-11-8(15)5-9-12(17-4-3-16-9)10(11)7-1-2-14-6-7/h5,7,14-15H,1-4,6H2. The van der Waals surface area contributed by atoms with Gasteiger partial charge in [-0.05, 0) is 13.0 Å². The average Bonchev–Trinajstić information content (AvgIpc) is 2.84. The monoisotopic (exact) mass is 255 g/mol. The molecule has 1 saturated heterocycles. The Balaban J connectivity index is 2.12. The van der Waals surface area contributed by atoms with E-state index in [9.17, 15) is 5.11 Å². The Kier molecular flexibility index (Phi) is 2.76. The molecule has 1 unspecified atom stereocenters. The summed E-state index contributed by atoms with van der Waals surface area (Å²) in [5.74, 6) is 1.65. The van der Waals surface area contributed by atoms with Gasteiger partial charge in [0.1, 0.15) is 19.0 Å². The first-order chi connectivity index (χ1) is 8.27. The van der Waals surface area contributed by atoms with Gasteiger partial charge in [-0.25, -0.2) is 0 Å². The van der Waals surface area contributed by atoms with E-state index in [4.69, 9.17) is 21.1 Å². The van der Waals surface area contributed by atoms with Gasteiger partial charge in [0.15, 0.2) is 11.5 Å². The van der Waals surface area contributed by atoms with Gasteiger partial charge in [-0.15, -0.1) is 0 Å². The zero-order valence-corrected chi connectivity index (χ0v) is 10.1. The number of halogens is 1. The summed E-state index contributed by atoms with van der Waals surface area (Å²) in [7, 11) is 0. The average molecular weight is 256 g/mol. The molecule has 0 aliphatic carbocycles. The van der Waals surface area contributed by atoms with Crippen LogP contribution in [0.15, 0.2) is 6.07 Å². The summed E-state index contributed by atoms with van der Waals surface area (Å²) in [6, 6.07) is 1.53. The van der Waals surface area contributed by atoms with Gasteiger partial charge in [-0.1, -0.05) is 11.6 Å². The molecule has 4 nitrogen and oxygen atoms in total. The highest BCUT2D eigenvalue weighted by atomic mass is 35.5. The predicted molar refractivity (Wildman–Crippen MR) is 64.3 cm³/mol. The molecule has 17 heavy (non-hydrogen) atoms. The lowest BCUT2D eigenvalue weighted by Gasteiger charge is -2.24. The highest BCUT2D eigenvalue weighted by Gasteiger charge is 2.29. The molecule has 0 saturated carbocycles. The molecular weight excluding hydrogens is 242 g/mol. The molecule has 2 N–H and O–H groups in total. The fourth-order valence-corrected chi connectivity index (χ4v) is 2.74. The number of aromatic hydroxyl groups is 1. The quantitative estimate of drug-likeness (QED) is 0.805. The van der Waals surface area contributed by atoms with Crippen molar-refractivity contribution in [3.05, 3.63) is 16.7 Å². The van der Waals surface area contributed by atoms with E-state index in [2.05, 4.69) is 5.32 Å². The van der Waals surface area contributed by atoms with Crippen LogP contribution in [0.3, 0.4) is 0 Å². The van der Waals surface area contributed by atoms with Gasteiger partial charge < -0.3 is 19.9 Å². The Bertz CT molecular complexity index is 444. The molecule has 0 aromatic heterocycles. The molecule has 1 atom stereocenters. The van der Waals surface area contributed by atoms with Crippen molar-refractivity contribution in [2.75, 3.05) is 26.3 Å². The van der Waals surface area contributed by atoms with Gasteiger partial charge in [-0.3, -0.25) is 0 Å². The van der Waals surface area contributed by atoms with E-state index in [1.807, 2.05) is 0 Å². The van der Waals surface area contributed by atoms with Crippen molar-refractivity contribution in [3.8, 4) is 17.2 Å². The van der Waals surface area contributed by atoms with Crippen molar-refractivity contribution in [1.29, 1.82) is 0 Å². The number of rotatable bonds is 1. The largest absolute Gasteiger partial charge is 0.506 e. The van der Waals surface area contributed by atoms with Crippen LogP contribution in [0, 0.1) is 0 Å². The predicted octanol–water partition coefficient (Wildman–Crippen LogP) is 1.89. The molecule has 3 rings (SSSR count). The fraction of sp³-hybridized carbons (Fsp3) is 0.500. The van der Waals surface area contributed by atoms with Crippen LogP contribution in [-0.2, 0) is 0 Å². The molecule has 5 heteroatoms. The normalized spacial score (nSPS) is 22.8. The number of phenolic OH excluding ortho intramolecular Hbond substituents is 1. The summed E-state index contributed by atoms with van der Waals surface area (Å²) in [6.07, 6.45) is 0.999. The van der Waals surface area contributed by atoms with E-state index >= 15 is 0 Å². The number of fused-ring (bicyclic) bond motifs is 1. The Labute approximate surface area is 104 Å². The Hall–Kier alpha value is -1.13. The van der Waals surface area contributed by atoms with Gasteiger partial charge in [0.2, 0.25) is 0 Å². The van der Waals surface area contributed by atoms with Crippen LogP contribution in [0.4, 0.5) is 0 Å². The highest BCUT2D eigenvalue weighted by Crippen LogP contribution is 2.47. The SMILES string of the molecule is Oc1cc2c(c(C3CCNC3)c1Cl)OCCO2. The van der Waals surface area contributed by atoms with E-state index in [1.54, 1.807) is 0 Å². The molecule has 2 heterocycles. The van der Waals surface area contributed by atoms with E-state index in [0.717, 1.165) is 25.1 Å². The smallest absolute Gasteiger partial charge is 0.166 e. The minimum absolute atomic E-state index is 0.0674. The van der Waals surface area contributed by atoms with E-state index in [-0.39, 0.29) is 11.7 Å². The maximum Gasteiger partial charge on any atom is 0.166 e. The molecule has 0 radical (unpaired) electrons. The molecule has 2 aliphatic rings. The lowest BCUT2D eigenvalue weighted by molar-refractivity contribution is 0.168. The van der Waals surface area contributed by atoms with Crippen LogP contribution >= 0.6 is 11.6 Å². The second-order valence-corrected chi connectivity index (χ2v) is 4.72. The number of benzene rings is 1. The number of hydrogen-bond donors (Lipinski definition) is 2. The van der Waals surface area contributed by atoms with Crippen LogP contribution in [0.5, 0.6) is 17.2 Å². The lowest BCUT2D eigenvalue weighted by Crippen LogP contribution is -2.18. The molecule has 1 aromatic rings. The minimum atomic E-state index is 0.0674. The van der Waals surface area contributed by atoms with Crippen LogP contribution < -0.4 is 14.8 Å². The van der Waals surface area contributed by atoms with Crippen molar-refractivity contribution in [1.82, 2.24) is 5.32 Å². The summed E-state index contributed by atoms with van der Waals surface area (Å²) in [5, 5.41) is 13.5. The van der Waals surface area contributed by atoms with Crippen LogP contribution in [0.25, 0.3) is 0 Å². The summed E-state index contributed by atoms with van der Waals surface area (Å²) >= 11 is 6.20. The summed E-state index contributed by atoms with van der Waals surface area (Å²) in [5.41, 5.74) is 0.881. The topological polar surface area (TPSA) is 50.7 Å². The molecule has 0 spiro atoms. The van der Waals surface area contributed by atoms with Crippen LogP contribution in [-0.4, -0.2) is 31.4 Å².